The first-order valence-electron chi connectivity index (χ1n) is 6.67. The highest BCUT2D eigenvalue weighted by Gasteiger charge is 2.38. The van der Waals surface area contributed by atoms with Crippen molar-refractivity contribution in [2.75, 3.05) is 6.54 Å². The first-order valence-corrected chi connectivity index (χ1v) is 6.67. The molecule has 0 saturated heterocycles. The number of carbonyl (C=O) groups excluding carboxylic acids is 1. The van der Waals surface area contributed by atoms with Gasteiger partial charge in [0, 0.05) is 12.0 Å². The summed E-state index contributed by atoms with van der Waals surface area (Å²) < 4.78 is 5.11. The molecule has 1 saturated carbocycles. The Morgan fingerprint density at radius 2 is 1.95 bits per heavy atom. The van der Waals surface area contributed by atoms with Gasteiger partial charge in [-0.3, -0.25) is 4.79 Å². The second kappa shape index (κ2) is 4.92. The van der Waals surface area contributed by atoms with Crippen LogP contribution in [0.15, 0.2) is 53.1 Å². The molecule has 2 aromatic rings. The highest BCUT2D eigenvalue weighted by molar-refractivity contribution is 5.91. The van der Waals surface area contributed by atoms with Gasteiger partial charge in [-0.05, 0) is 30.5 Å². The van der Waals surface area contributed by atoms with Gasteiger partial charge in [0.05, 0.1) is 6.26 Å². The van der Waals surface area contributed by atoms with E-state index in [4.69, 9.17) is 4.42 Å². The van der Waals surface area contributed by atoms with E-state index in [0.717, 1.165) is 12.8 Å². The molecule has 0 bridgehead atoms. The van der Waals surface area contributed by atoms with Crippen molar-refractivity contribution in [3.8, 4) is 0 Å². The lowest BCUT2D eigenvalue weighted by Gasteiger charge is -2.42. The van der Waals surface area contributed by atoms with E-state index in [1.165, 1.54) is 18.2 Å². The molecule has 0 radical (unpaired) electrons. The van der Waals surface area contributed by atoms with Gasteiger partial charge in [0.15, 0.2) is 5.76 Å². The summed E-state index contributed by atoms with van der Waals surface area (Å²) in [4.78, 5) is 11.9. The van der Waals surface area contributed by atoms with Crippen molar-refractivity contribution in [3.63, 3.8) is 0 Å². The molecular formula is C16H17NO2. The second-order valence-electron chi connectivity index (χ2n) is 5.16. The van der Waals surface area contributed by atoms with E-state index in [2.05, 4.69) is 29.6 Å². The van der Waals surface area contributed by atoms with Crippen LogP contribution in [0.25, 0.3) is 0 Å². The van der Waals surface area contributed by atoms with Gasteiger partial charge in [0.25, 0.3) is 5.91 Å². The van der Waals surface area contributed by atoms with Gasteiger partial charge in [0.2, 0.25) is 0 Å². The fourth-order valence-electron chi connectivity index (χ4n) is 2.71. The van der Waals surface area contributed by atoms with Crippen LogP contribution < -0.4 is 5.32 Å². The number of carbonyl (C=O) groups is 1. The summed E-state index contributed by atoms with van der Waals surface area (Å²) in [6.45, 7) is 0.677. The van der Waals surface area contributed by atoms with Crippen LogP contribution in [-0.4, -0.2) is 12.5 Å². The van der Waals surface area contributed by atoms with E-state index in [1.54, 1.807) is 12.1 Å². The number of amides is 1. The van der Waals surface area contributed by atoms with Crippen LogP contribution in [-0.2, 0) is 5.41 Å². The standard InChI is InChI=1S/C16H17NO2/c18-15(14-8-4-11-19-14)17-12-16(9-5-10-16)13-6-2-1-3-7-13/h1-4,6-8,11H,5,9-10,12H2,(H,17,18). The molecule has 1 amide bonds. The van der Waals surface area contributed by atoms with Crippen molar-refractivity contribution < 1.29 is 9.21 Å². The van der Waals surface area contributed by atoms with Crippen LogP contribution in [0.2, 0.25) is 0 Å². The molecular weight excluding hydrogens is 238 g/mol. The third-order valence-corrected chi connectivity index (χ3v) is 4.03. The van der Waals surface area contributed by atoms with E-state index in [0.29, 0.717) is 12.3 Å². The van der Waals surface area contributed by atoms with Crippen molar-refractivity contribution in [1.82, 2.24) is 5.32 Å². The number of hydrogen-bond acceptors (Lipinski definition) is 2. The van der Waals surface area contributed by atoms with Gasteiger partial charge in [-0.1, -0.05) is 36.8 Å². The van der Waals surface area contributed by atoms with Crippen molar-refractivity contribution in [2.45, 2.75) is 24.7 Å². The van der Waals surface area contributed by atoms with E-state index >= 15 is 0 Å². The summed E-state index contributed by atoms with van der Waals surface area (Å²) in [5, 5.41) is 2.99. The quantitative estimate of drug-likeness (QED) is 0.912. The minimum atomic E-state index is -0.132. The maximum Gasteiger partial charge on any atom is 0.287 e. The molecule has 1 N–H and O–H groups in total. The largest absolute Gasteiger partial charge is 0.459 e. The number of benzene rings is 1. The third-order valence-electron chi connectivity index (χ3n) is 4.03. The molecule has 1 aliphatic carbocycles. The van der Waals surface area contributed by atoms with Crippen LogP contribution >= 0.6 is 0 Å². The van der Waals surface area contributed by atoms with E-state index < -0.39 is 0 Å². The fraction of sp³-hybridized carbons (Fsp3) is 0.312. The Morgan fingerprint density at radius 3 is 2.53 bits per heavy atom. The lowest BCUT2D eigenvalue weighted by atomic mass is 9.64. The van der Waals surface area contributed by atoms with Crippen molar-refractivity contribution in [2.24, 2.45) is 0 Å². The molecule has 3 heteroatoms. The molecule has 98 valence electrons. The second-order valence-corrected chi connectivity index (χ2v) is 5.16. The molecule has 1 aromatic heterocycles. The highest BCUT2D eigenvalue weighted by Crippen LogP contribution is 2.43. The Hall–Kier alpha value is -2.03. The van der Waals surface area contributed by atoms with Gasteiger partial charge in [-0.25, -0.2) is 0 Å². The SMILES string of the molecule is O=C(NCC1(c2ccccc2)CCC1)c1ccco1. The van der Waals surface area contributed by atoms with E-state index in [-0.39, 0.29) is 11.3 Å². The number of furan rings is 1. The summed E-state index contributed by atoms with van der Waals surface area (Å²) in [6, 6.07) is 13.9. The van der Waals surface area contributed by atoms with E-state index in [1.807, 2.05) is 6.07 Å². The summed E-state index contributed by atoms with van der Waals surface area (Å²) in [7, 11) is 0. The fourth-order valence-corrected chi connectivity index (χ4v) is 2.71. The maximum absolute atomic E-state index is 11.9. The summed E-state index contributed by atoms with van der Waals surface area (Å²) in [6.07, 6.45) is 5.02. The van der Waals surface area contributed by atoms with Gasteiger partial charge < -0.3 is 9.73 Å². The van der Waals surface area contributed by atoms with Crippen LogP contribution in [0.5, 0.6) is 0 Å². The lowest BCUT2D eigenvalue weighted by Crippen LogP contribution is -2.45. The summed E-state index contributed by atoms with van der Waals surface area (Å²) in [5.74, 6) is 0.245. The first kappa shape index (κ1) is 12.0. The predicted molar refractivity (Wildman–Crippen MR) is 73.0 cm³/mol. The minimum Gasteiger partial charge on any atom is -0.459 e. The average Bonchev–Trinajstić information content (AvgIpc) is 2.92. The number of nitrogens with one attached hydrogen (secondary N) is 1. The normalized spacial score (nSPS) is 16.6. The zero-order valence-corrected chi connectivity index (χ0v) is 10.8. The van der Waals surface area contributed by atoms with Gasteiger partial charge in [0.1, 0.15) is 0 Å². The van der Waals surface area contributed by atoms with Gasteiger partial charge >= 0.3 is 0 Å². The van der Waals surface area contributed by atoms with Crippen molar-refractivity contribution >= 4 is 5.91 Å². The maximum atomic E-state index is 11.9. The molecule has 1 heterocycles. The monoisotopic (exact) mass is 255 g/mol. The van der Waals surface area contributed by atoms with Crippen LogP contribution in [0, 0.1) is 0 Å². The molecule has 1 aliphatic rings. The van der Waals surface area contributed by atoms with Crippen molar-refractivity contribution in [3.05, 3.63) is 60.1 Å². The predicted octanol–water partition coefficient (Wildman–Crippen LogP) is 3.13. The lowest BCUT2D eigenvalue weighted by molar-refractivity contribution is 0.0900. The van der Waals surface area contributed by atoms with Crippen LogP contribution in [0.3, 0.4) is 0 Å². The zero-order chi connectivity index (χ0) is 13.1. The van der Waals surface area contributed by atoms with Crippen LogP contribution in [0.4, 0.5) is 0 Å². The summed E-state index contributed by atoms with van der Waals surface area (Å²) in [5.41, 5.74) is 1.43. The molecule has 1 aromatic carbocycles. The zero-order valence-electron chi connectivity index (χ0n) is 10.8. The summed E-state index contributed by atoms with van der Waals surface area (Å²) >= 11 is 0. The van der Waals surface area contributed by atoms with Gasteiger partial charge in [-0.2, -0.15) is 0 Å². The molecule has 0 atom stereocenters. The molecule has 0 unspecified atom stereocenters. The average molecular weight is 255 g/mol. The Balaban J connectivity index is 1.69. The smallest absolute Gasteiger partial charge is 0.287 e. The Morgan fingerprint density at radius 1 is 1.16 bits per heavy atom. The molecule has 19 heavy (non-hydrogen) atoms. The topological polar surface area (TPSA) is 42.2 Å². The van der Waals surface area contributed by atoms with Crippen molar-refractivity contribution in [1.29, 1.82) is 0 Å². The Bertz CT molecular complexity index is 541. The van der Waals surface area contributed by atoms with Gasteiger partial charge in [-0.15, -0.1) is 0 Å². The Kier molecular flexibility index (Phi) is 3.11. The van der Waals surface area contributed by atoms with Crippen LogP contribution in [0.1, 0.15) is 35.4 Å². The third kappa shape index (κ3) is 2.28. The molecule has 0 spiro atoms. The van der Waals surface area contributed by atoms with E-state index in [9.17, 15) is 4.79 Å². The minimum absolute atomic E-state index is 0.115. The Labute approximate surface area is 112 Å². The highest BCUT2D eigenvalue weighted by atomic mass is 16.3. The number of rotatable bonds is 4. The molecule has 3 rings (SSSR count). The molecule has 3 nitrogen and oxygen atoms in total. The first-order chi connectivity index (χ1) is 9.30. The molecule has 0 aliphatic heterocycles. The number of hydrogen-bond donors (Lipinski definition) is 1. The molecule has 1 fully saturated rings.